The molecule has 0 fully saturated rings. The van der Waals surface area contributed by atoms with Crippen LogP contribution < -0.4 is 5.32 Å². The molecule has 2 unspecified atom stereocenters. The third-order valence-corrected chi connectivity index (χ3v) is 2.89. The van der Waals surface area contributed by atoms with Crippen molar-refractivity contribution in [1.29, 1.82) is 0 Å². The second-order valence-electron chi connectivity index (χ2n) is 4.80. The third-order valence-electron chi connectivity index (χ3n) is 2.89. The highest BCUT2D eigenvalue weighted by Gasteiger charge is 2.21. The highest BCUT2D eigenvalue weighted by Crippen LogP contribution is 2.24. The summed E-state index contributed by atoms with van der Waals surface area (Å²) in [6.07, 6.45) is 0. The van der Waals surface area contributed by atoms with E-state index in [2.05, 4.69) is 24.1 Å². The average molecular weight is 238 g/mol. The average Bonchev–Trinajstić information content (AvgIpc) is 2.26. The largest absolute Gasteiger partial charge is 0.310 e. The fourth-order valence-electron chi connectivity index (χ4n) is 2.25. The number of hydrogen-bond donors (Lipinski definition) is 1. The van der Waals surface area contributed by atoms with Crippen LogP contribution in [-0.4, -0.2) is 32.1 Å². The number of nitrogens with one attached hydrogen (secondary N) is 1. The van der Waals surface area contributed by atoms with Crippen LogP contribution in [0.4, 0.5) is 4.39 Å². The molecule has 0 saturated heterocycles. The molecule has 3 heteroatoms. The maximum Gasteiger partial charge on any atom is 0.127 e. The van der Waals surface area contributed by atoms with Gasteiger partial charge in [-0.05, 0) is 32.6 Å². The predicted octanol–water partition coefficient (Wildman–Crippen LogP) is 2.67. The number of hydrogen-bond acceptors (Lipinski definition) is 2. The van der Waals surface area contributed by atoms with Crippen molar-refractivity contribution in [2.24, 2.45) is 5.92 Å². The summed E-state index contributed by atoms with van der Waals surface area (Å²) >= 11 is 0. The molecular formula is C14H23FN2. The highest BCUT2D eigenvalue weighted by atomic mass is 19.1. The van der Waals surface area contributed by atoms with Gasteiger partial charge in [-0.25, -0.2) is 4.39 Å². The minimum atomic E-state index is -0.121. The number of benzene rings is 1. The molecular weight excluding hydrogens is 215 g/mol. The van der Waals surface area contributed by atoms with Gasteiger partial charge in [-0.15, -0.1) is 0 Å². The zero-order valence-corrected chi connectivity index (χ0v) is 11.2. The van der Waals surface area contributed by atoms with Crippen LogP contribution in [-0.2, 0) is 0 Å². The number of rotatable bonds is 6. The quantitative estimate of drug-likeness (QED) is 0.819. The summed E-state index contributed by atoms with van der Waals surface area (Å²) in [4.78, 5) is 2.13. The van der Waals surface area contributed by atoms with E-state index < -0.39 is 0 Å². The van der Waals surface area contributed by atoms with Crippen LogP contribution in [0, 0.1) is 11.7 Å². The molecule has 0 aliphatic heterocycles. The second-order valence-corrected chi connectivity index (χ2v) is 4.80. The van der Waals surface area contributed by atoms with Crippen LogP contribution >= 0.6 is 0 Å². The van der Waals surface area contributed by atoms with Gasteiger partial charge in [0.25, 0.3) is 0 Å². The minimum Gasteiger partial charge on any atom is -0.310 e. The Kier molecular flexibility index (Phi) is 5.59. The van der Waals surface area contributed by atoms with E-state index >= 15 is 0 Å². The number of nitrogens with zero attached hydrogens (tertiary/aromatic N) is 1. The molecule has 1 rings (SSSR count). The Hall–Kier alpha value is -0.930. The fraction of sp³-hybridized carbons (Fsp3) is 0.571. The summed E-state index contributed by atoms with van der Waals surface area (Å²) < 4.78 is 13.8. The molecule has 0 aliphatic carbocycles. The maximum atomic E-state index is 13.8. The van der Waals surface area contributed by atoms with Crippen molar-refractivity contribution in [3.05, 3.63) is 35.6 Å². The topological polar surface area (TPSA) is 15.3 Å². The van der Waals surface area contributed by atoms with E-state index in [0.717, 1.165) is 18.7 Å². The van der Waals surface area contributed by atoms with Gasteiger partial charge in [0.2, 0.25) is 0 Å². The Morgan fingerprint density at radius 2 is 1.94 bits per heavy atom. The van der Waals surface area contributed by atoms with Crippen molar-refractivity contribution < 1.29 is 4.39 Å². The molecule has 0 bridgehead atoms. The van der Waals surface area contributed by atoms with Crippen molar-refractivity contribution in [1.82, 2.24) is 10.2 Å². The molecule has 0 aliphatic rings. The molecule has 96 valence electrons. The lowest BCUT2D eigenvalue weighted by Crippen LogP contribution is -2.33. The molecule has 0 radical (unpaired) electrons. The Bertz CT molecular complexity index is 339. The number of halogens is 1. The van der Waals surface area contributed by atoms with Gasteiger partial charge in [-0.2, -0.15) is 0 Å². The highest BCUT2D eigenvalue weighted by molar-refractivity contribution is 5.21. The molecule has 0 saturated carbocycles. The van der Waals surface area contributed by atoms with Crippen molar-refractivity contribution >= 4 is 0 Å². The normalized spacial score (nSPS) is 14.9. The Balaban J connectivity index is 2.88. The van der Waals surface area contributed by atoms with Gasteiger partial charge in [0.1, 0.15) is 5.82 Å². The van der Waals surface area contributed by atoms with Crippen molar-refractivity contribution in [2.75, 3.05) is 27.2 Å². The van der Waals surface area contributed by atoms with E-state index in [9.17, 15) is 4.39 Å². The lowest BCUT2D eigenvalue weighted by Gasteiger charge is -2.27. The van der Waals surface area contributed by atoms with Gasteiger partial charge in [-0.1, -0.05) is 32.0 Å². The summed E-state index contributed by atoms with van der Waals surface area (Å²) in [5.74, 6) is 0.242. The molecule has 0 heterocycles. The monoisotopic (exact) mass is 238 g/mol. The maximum absolute atomic E-state index is 13.8. The van der Waals surface area contributed by atoms with E-state index in [-0.39, 0.29) is 11.9 Å². The molecule has 2 atom stereocenters. The molecule has 2 nitrogen and oxygen atoms in total. The summed E-state index contributed by atoms with van der Waals surface area (Å²) in [7, 11) is 4.09. The van der Waals surface area contributed by atoms with Gasteiger partial charge in [-0.3, -0.25) is 0 Å². The van der Waals surface area contributed by atoms with Gasteiger partial charge in [0.15, 0.2) is 0 Å². The molecule has 1 N–H and O–H groups in total. The van der Waals surface area contributed by atoms with Gasteiger partial charge >= 0.3 is 0 Å². The lowest BCUT2D eigenvalue weighted by molar-refractivity contribution is 0.279. The van der Waals surface area contributed by atoms with E-state index in [4.69, 9.17) is 0 Å². The smallest absolute Gasteiger partial charge is 0.127 e. The molecule has 1 aromatic rings. The first kappa shape index (κ1) is 14.1. The van der Waals surface area contributed by atoms with Gasteiger partial charge in [0, 0.05) is 18.2 Å². The zero-order valence-electron chi connectivity index (χ0n) is 11.2. The Morgan fingerprint density at radius 1 is 1.29 bits per heavy atom. The zero-order chi connectivity index (χ0) is 12.8. The lowest BCUT2D eigenvalue weighted by atomic mass is 9.93. The molecule has 0 aromatic heterocycles. The van der Waals surface area contributed by atoms with Gasteiger partial charge < -0.3 is 10.2 Å². The van der Waals surface area contributed by atoms with Crippen molar-refractivity contribution in [2.45, 2.75) is 19.9 Å². The summed E-state index contributed by atoms with van der Waals surface area (Å²) in [5, 5.41) is 3.38. The molecule has 0 spiro atoms. The van der Waals surface area contributed by atoms with Crippen LogP contribution in [0.15, 0.2) is 24.3 Å². The van der Waals surface area contributed by atoms with Gasteiger partial charge in [0.05, 0.1) is 0 Å². The Labute approximate surface area is 104 Å². The van der Waals surface area contributed by atoms with E-state index in [0.29, 0.717) is 5.92 Å². The standard InChI is InChI=1S/C14H23FN2/c1-5-16-14(11(2)10-17(3)4)12-8-6-7-9-13(12)15/h6-9,11,14,16H,5,10H2,1-4H3. The first-order chi connectivity index (χ1) is 8.06. The molecule has 0 amide bonds. The summed E-state index contributed by atoms with van der Waals surface area (Å²) in [6, 6.07) is 7.10. The first-order valence-corrected chi connectivity index (χ1v) is 6.18. The molecule has 1 aromatic carbocycles. The minimum absolute atomic E-state index is 0.0728. The Morgan fingerprint density at radius 3 is 2.47 bits per heavy atom. The van der Waals surface area contributed by atoms with E-state index in [1.54, 1.807) is 6.07 Å². The predicted molar refractivity (Wildman–Crippen MR) is 70.5 cm³/mol. The van der Waals surface area contributed by atoms with E-state index in [1.807, 2.05) is 26.2 Å². The van der Waals surface area contributed by atoms with Crippen LogP contribution in [0.25, 0.3) is 0 Å². The van der Waals surface area contributed by atoms with Crippen molar-refractivity contribution in [3.8, 4) is 0 Å². The summed E-state index contributed by atoms with van der Waals surface area (Å²) in [6.45, 7) is 5.98. The van der Waals surface area contributed by atoms with Crippen LogP contribution in [0.3, 0.4) is 0 Å². The first-order valence-electron chi connectivity index (χ1n) is 6.18. The van der Waals surface area contributed by atoms with Crippen molar-refractivity contribution in [3.63, 3.8) is 0 Å². The fourth-order valence-corrected chi connectivity index (χ4v) is 2.25. The van der Waals surface area contributed by atoms with Crippen LogP contribution in [0.5, 0.6) is 0 Å². The molecule has 17 heavy (non-hydrogen) atoms. The SMILES string of the molecule is CCNC(c1ccccc1F)C(C)CN(C)C. The van der Waals surface area contributed by atoms with Crippen LogP contribution in [0.1, 0.15) is 25.5 Å². The van der Waals surface area contributed by atoms with E-state index in [1.165, 1.54) is 6.07 Å². The second kappa shape index (κ2) is 6.72. The summed E-state index contributed by atoms with van der Waals surface area (Å²) in [5.41, 5.74) is 0.767. The third kappa shape index (κ3) is 4.10. The van der Waals surface area contributed by atoms with Crippen LogP contribution in [0.2, 0.25) is 0 Å².